The minimum atomic E-state index is 0.563. The maximum atomic E-state index is 3.68. The molecule has 1 fully saturated rings. The summed E-state index contributed by atoms with van der Waals surface area (Å²) >= 11 is 0. The highest BCUT2D eigenvalue weighted by molar-refractivity contribution is 5.58. The topological polar surface area (TPSA) is 36.1 Å². The number of rotatable bonds is 5. The number of fused-ring (bicyclic) bond motifs is 1. The third-order valence-corrected chi connectivity index (χ3v) is 4.87. The third kappa shape index (κ3) is 3.15. The van der Waals surface area contributed by atoms with Crippen molar-refractivity contribution in [1.29, 1.82) is 0 Å². The van der Waals surface area contributed by atoms with Crippen molar-refractivity contribution in [2.45, 2.75) is 38.1 Å². The summed E-state index contributed by atoms with van der Waals surface area (Å²) in [5.74, 6) is 1.54. The van der Waals surface area contributed by atoms with Crippen molar-refractivity contribution in [2.24, 2.45) is 5.92 Å². The zero-order chi connectivity index (χ0) is 13.8. The van der Waals surface area contributed by atoms with Gasteiger partial charge in [0.25, 0.3) is 0 Å². The summed E-state index contributed by atoms with van der Waals surface area (Å²) < 4.78 is 0. The molecule has 2 unspecified atom stereocenters. The number of hydrogen-bond donors (Lipinski definition) is 3. The minimum absolute atomic E-state index is 0.563. The molecule has 2 aliphatic rings. The molecule has 0 amide bonds. The van der Waals surface area contributed by atoms with E-state index in [1.54, 1.807) is 0 Å². The van der Waals surface area contributed by atoms with Crippen LogP contribution in [0.25, 0.3) is 0 Å². The van der Waals surface area contributed by atoms with E-state index in [-0.39, 0.29) is 0 Å². The average molecular weight is 273 g/mol. The Morgan fingerprint density at radius 2 is 2.00 bits per heavy atom. The molecule has 1 saturated heterocycles. The Labute approximate surface area is 122 Å². The predicted molar refractivity (Wildman–Crippen MR) is 85.3 cm³/mol. The number of piperidine rings is 1. The van der Waals surface area contributed by atoms with Gasteiger partial charge in [-0.1, -0.05) is 18.2 Å². The predicted octanol–water partition coefficient (Wildman–Crippen LogP) is 2.56. The van der Waals surface area contributed by atoms with E-state index in [1.807, 2.05) is 0 Å². The van der Waals surface area contributed by atoms with Crippen LogP contribution in [-0.2, 0) is 0 Å². The Balaban J connectivity index is 1.44. The number of benzene rings is 1. The SMILES string of the molecule is CC1Nc2ccccc2C1CCNCC1CCNCC1. The second-order valence-electron chi connectivity index (χ2n) is 6.31. The van der Waals surface area contributed by atoms with Crippen LogP contribution in [0.2, 0.25) is 0 Å². The fourth-order valence-corrected chi connectivity index (χ4v) is 3.62. The normalized spacial score (nSPS) is 26.2. The van der Waals surface area contributed by atoms with Crippen LogP contribution in [-0.4, -0.2) is 32.2 Å². The van der Waals surface area contributed by atoms with Crippen molar-refractivity contribution in [1.82, 2.24) is 10.6 Å². The lowest BCUT2D eigenvalue weighted by atomic mass is 9.92. The zero-order valence-corrected chi connectivity index (χ0v) is 12.5. The molecule has 1 aromatic carbocycles. The maximum Gasteiger partial charge on any atom is 0.0378 e. The molecule has 110 valence electrons. The molecular weight excluding hydrogens is 246 g/mol. The summed E-state index contributed by atoms with van der Waals surface area (Å²) in [6.45, 7) is 7.02. The number of nitrogens with one attached hydrogen (secondary N) is 3. The fourth-order valence-electron chi connectivity index (χ4n) is 3.62. The summed E-state index contributed by atoms with van der Waals surface area (Å²) in [6.07, 6.45) is 3.89. The van der Waals surface area contributed by atoms with Crippen LogP contribution in [0.1, 0.15) is 37.7 Å². The highest BCUT2D eigenvalue weighted by Crippen LogP contribution is 2.37. The molecule has 0 aromatic heterocycles. The molecule has 2 heterocycles. The highest BCUT2D eigenvalue weighted by Gasteiger charge is 2.27. The van der Waals surface area contributed by atoms with Crippen LogP contribution in [0, 0.1) is 5.92 Å². The third-order valence-electron chi connectivity index (χ3n) is 4.87. The maximum absolute atomic E-state index is 3.68. The molecule has 2 aliphatic heterocycles. The number of anilines is 1. The van der Waals surface area contributed by atoms with Crippen molar-refractivity contribution in [3.8, 4) is 0 Å². The van der Waals surface area contributed by atoms with Crippen LogP contribution in [0.3, 0.4) is 0 Å². The van der Waals surface area contributed by atoms with E-state index in [2.05, 4.69) is 47.1 Å². The van der Waals surface area contributed by atoms with Gasteiger partial charge in [-0.15, -0.1) is 0 Å². The minimum Gasteiger partial charge on any atom is -0.382 e. The van der Waals surface area contributed by atoms with Crippen molar-refractivity contribution in [3.05, 3.63) is 29.8 Å². The number of para-hydroxylation sites is 1. The molecule has 0 bridgehead atoms. The van der Waals surface area contributed by atoms with E-state index in [9.17, 15) is 0 Å². The quantitative estimate of drug-likeness (QED) is 0.722. The lowest BCUT2D eigenvalue weighted by Crippen LogP contribution is -2.34. The highest BCUT2D eigenvalue weighted by atomic mass is 15.0. The molecule has 3 heteroatoms. The van der Waals surface area contributed by atoms with E-state index in [0.717, 1.165) is 12.5 Å². The van der Waals surface area contributed by atoms with Gasteiger partial charge in [-0.25, -0.2) is 0 Å². The standard InChI is InChI=1S/C17H27N3/c1-13-15(16-4-2-3-5-17(16)20-13)8-11-19-12-14-6-9-18-10-7-14/h2-5,13-15,18-20H,6-12H2,1H3. The van der Waals surface area contributed by atoms with Gasteiger partial charge in [0, 0.05) is 17.6 Å². The summed E-state index contributed by atoms with van der Waals surface area (Å²) in [4.78, 5) is 0. The van der Waals surface area contributed by atoms with Gasteiger partial charge in [0.15, 0.2) is 0 Å². The fraction of sp³-hybridized carbons (Fsp3) is 0.647. The van der Waals surface area contributed by atoms with E-state index in [0.29, 0.717) is 12.0 Å². The second-order valence-corrected chi connectivity index (χ2v) is 6.31. The monoisotopic (exact) mass is 273 g/mol. The first-order valence-corrected chi connectivity index (χ1v) is 8.11. The van der Waals surface area contributed by atoms with Crippen LogP contribution in [0.5, 0.6) is 0 Å². The lowest BCUT2D eigenvalue weighted by Gasteiger charge is -2.23. The molecule has 3 rings (SSSR count). The van der Waals surface area contributed by atoms with E-state index in [1.165, 1.54) is 50.1 Å². The lowest BCUT2D eigenvalue weighted by molar-refractivity contribution is 0.354. The molecule has 0 spiro atoms. The van der Waals surface area contributed by atoms with Gasteiger partial charge < -0.3 is 16.0 Å². The van der Waals surface area contributed by atoms with E-state index < -0.39 is 0 Å². The molecular formula is C17H27N3. The van der Waals surface area contributed by atoms with Gasteiger partial charge in [-0.2, -0.15) is 0 Å². The van der Waals surface area contributed by atoms with Crippen molar-refractivity contribution in [3.63, 3.8) is 0 Å². The van der Waals surface area contributed by atoms with Crippen molar-refractivity contribution in [2.75, 3.05) is 31.5 Å². The van der Waals surface area contributed by atoms with Crippen LogP contribution in [0.4, 0.5) is 5.69 Å². The van der Waals surface area contributed by atoms with Crippen molar-refractivity contribution < 1.29 is 0 Å². The molecule has 3 nitrogen and oxygen atoms in total. The Bertz CT molecular complexity index is 426. The van der Waals surface area contributed by atoms with Crippen molar-refractivity contribution >= 4 is 5.69 Å². The smallest absolute Gasteiger partial charge is 0.0378 e. The number of hydrogen-bond acceptors (Lipinski definition) is 3. The van der Waals surface area contributed by atoms with Crippen LogP contribution in [0.15, 0.2) is 24.3 Å². The molecule has 3 N–H and O–H groups in total. The molecule has 2 atom stereocenters. The van der Waals surface area contributed by atoms with Gasteiger partial charge >= 0.3 is 0 Å². The van der Waals surface area contributed by atoms with Gasteiger partial charge in [-0.3, -0.25) is 0 Å². The van der Waals surface area contributed by atoms with Crippen LogP contribution >= 0.6 is 0 Å². The summed E-state index contributed by atoms with van der Waals surface area (Å²) in [7, 11) is 0. The average Bonchev–Trinajstić information content (AvgIpc) is 2.80. The van der Waals surface area contributed by atoms with Gasteiger partial charge in [-0.05, 0) is 69.9 Å². The van der Waals surface area contributed by atoms with E-state index in [4.69, 9.17) is 0 Å². The molecule has 1 aromatic rings. The van der Waals surface area contributed by atoms with Gasteiger partial charge in [0.2, 0.25) is 0 Å². The molecule has 0 saturated carbocycles. The second kappa shape index (κ2) is 6.59. The van der Waals surface area contributed by atoms with E-state index >= 15 is 0 Å². The Morgan fingerprint density at radius 1 is 1.20 bits per heavy atom. The first-order chi connectivity index (χ1) is 9.84. The van der Waals surface area contributed by atoms with Gasteiger partial charge in [0.05, 0.1) is 0 Å². The van der Waals surface area contributed by atoms with Gasteiger partial charge in [0.1, 0.15) is 0 Å². The zero-order valence-electron chi connectivity index (χ0n) is 12.5. The Morgan fingerprint density at radius 3 is 2.85 bits per heavy atom. The summed E-state index contributed by atoms with van der Waals surface area (Å²) in [5.41, 5.74) is 2.84. The molecule has 0 aliphatic carbocycles. The van der Waals surface area contributed by atoms with Crippen LogP contribution < -0.4 is 16.0 Å². The molecule has 20 heavy (non-hydrogen) atoms. The first-order valence-electron chi connectivity index (χ1n) is 8.11. The Hall–Kier alpha value is -1.06. The first kappa shape index (κ1) is 13.9. The largest absolute Gasteiger partial charge is 0.382 e. The summed E-state index contributed by atoms with van der Waals surface area (Å²) in [5, 5.41) is 10.7. The molecule has 0 radical (unpaired) electrons. The Kier molecular flexibility index (Phi) is 4.58. The summed E-state index contributed by atoms with van der Waals surface area (Å²) in [6, 6.07) is 9.33.